The average Bonchev–Trinajstić information content (AvgIpc) is 2.94. The number of amides is 1. The Labute approximate surface area is 203 Å². The minimum atomic E-state index is -0.351. The van der Waals surface area contributed by atoms with Crippen LogP contribution in [0.3, 0.4) is 0 Å². The van der Waals surface area contributed by atoms with Crippen LogP contribution >= 0.6 is 0 Å². The topological polar surface area (TPSA) is 84.4 Å². The summed E-state index contributed by atoms with van der Waals surface area (Å²) in [4.78, 5) is 28.3. The van der Waals surface area contributed by atoms with Crippen molar-refractivity contribution in [3.8, 4) is 11.3 Å². The van der Waals surface area contributed by atoms with Crippen molar-refractivity contribution < 1.29 is 14.3 Å². The second kappa shape index (κ2) is 10.3. The number of aromatic nitrogens is 2. The SMILES string of the molecule is O=C(Nc1cccc(-c2ccc(N3CCOCC3)nn2)c1)c1ccccc1C(=O)c1ccccc1. The predicted molar refractivity (Wildman–Crippen MR) is 135 cm³/mol. The molecule has 0 bridgehead atoms. The van der Waals surface area contributed by atoms with Crippen LogP contribution in [0, 0.1) is 0 Å². The first-order valence-corrected chi connectivity index (χ1v) is 11.5. The second-order valence-corrected chi connectivity index (χ2v) is 8.15. The molecule has 0 radical (unpaired) electrons. The van der Waals surface area contributed by atoms with E-state index in [0.717, 1.165) is 24.5 Å². The number of anilines is 2. The summed E-state index contributed by atoms with van der Waals surface area (Å²) < 4.78 is 5.39. The molecule has 1 amide bonds. The summed E-state index contributed by atoms with van der Waals surface area (Å²) >= 11 is 0. The molecule has 1 aliphatic heterocycles. The van der Waals surface area contributed by atoms with Gasteiger partial charge in [-0.2, -0.15) is 0 Å². The van der Waals surface area contributed by atoms with Crippen LogP contribution in [-0.4, -0.2) is 48.2 Å². The van der Waals surface area contributed by atoms with Crippen LogP contribution in [0.4, 0.5) is 11.5 Å². The lowest BCUT2D eigenvalue weighted by Crippen LogP contribution is -2.36. The number of morpholine rings is 1. The second-order valence-electron chi connectivity index (χ2n) is 8.15. The lowest BCUT2D eigenvalue weighted by molar-refractivity contribution is 0.0996. The third-order valence-corrected chi connectivity index (χ3v) is 5.85. The molecular weight excluding hydrogens is 440 g/mol. The van der Waals surface area contributed by atoms with Gasteiger partial charge < -0.3 is 15.0 Å². The molecule has 0 spiro atoms. The molecule has 7 nitrogen and oxygen atoms in total. The molecule has 0 unspecified atom stereocenters. The van der Waals surface area contributed by atoms with E-state index in [1.54, 1.807) is 54.6 Å². The zero-order valence-electron chi connectivity index (χ0n) is 19.1. The standard InChI is InChI=1S/C28H24N4O3/c33-27(20-7-2-1-3-8-20)23-11-4-5-12-24(23)28(34)29-22-10-6-9-21(19-22)25-13-14-26(31-30-25)32-15-17-35-18-16-32/h1-14,19H,15-18H2,(H,29,34). The summed E-state index contributed by atoms with van der Waals surface area (Å²) in [7, 11) is 0. The highest BCUT2D eigenvalue weighted by Gasteiger charge is 2.18. The normalized spacial score (nSPS) is 13.3. The van der Waals surface area contributed by atoms with Gasteiger partial charge in [-0.05, 0) is 30.3 Å². The van der Waals surface area contributed by atoms with E-state index in [-0.39, 0.29) is 11.7 Å². The Bertz CT molecular complexity index is 1330. The molecule has 1 aliphatic rings. The maximum atomic E-state index is 13.1. The summed E-state index contributed by atoms with van der Waals surface area (Å²) in [5, 5.41) is 11.7. The fourth-order valence-electron chi connectivity index (χ4n) is 4.02. The number of benzene rings is 3. The lowest BCUT2D eigenvalue weighted by atomic mass is 9.98. The molecule has 1 N–H and O–H groups in total. The van der Waals surface area contributed by atoms with Crippen molar-refractivity contribution in [3.63, 3.8) is 0 Å². The van der Waals surface area contributed by atoms with E-state index in [1.165, 1.54) is 0 Å². The minimum Gasteiger partial charge on any atom is -0.378 e. The van der Waals surface area contributed by atoms with Gasteiger partial charge in [0.2, 0.25) is 0 Å². The molecule has 174 valence electrons. The molecule has 1 saturated heterocycles. The molecule has 2 heterocycles. The van der Waals surface area contributed by atoms with Crippen molar-refractivity contribution >= 4 is 23.2 Å². The molecule has 1 fully saturated rings. The molecule has 35 heavy (non-hydrogen) atoms. The summed E-state index contributed by atoms with van der Waals surface area (Å²) in [6.07, 6.45) is 0. The Balaban J connectivity index is 1.34. The zero-order valence-corrected chi connectivity index (χ0v) is 19.1. The molecule has 0 saturated carbocycles. The van der Waals surface area contributed by atoms with Gasteiger partial charge in [0.25, 0.3) is 5.91 Å². The van der Waals surface area contributed by atoms with Gasteiger partial charge >= 0.3 is 0 Å². The van der Waals surface area contributed by atoms with Crippen molar-refractivity contribution in [2.45, 2.75) is 0 Å². The average molecular weight is 465 g/mol. The first-order valence-electron chi connectivity index (χ1n) is 11.5. The molecule has 3 aromatic carbocycles. The number of nitrogens with one attached hydrogen (secondary N) is 1. The van der Waals surface area contributed by atoms with E-state index >= 15 is 0 Å². The van der Waals surface area contributed by atoms with Crippen LogP contribution in [0.5, 0.6) is 0 Å². The van der Waals surface area contributed by atoms with E-state index in [9.17, 15) is 9.59 Å². The van der Waals surface area contributed by atoms with Gasteiger partial charge in [-0.15, -0.1) is 10.2 Å². The van der Waals surface area contributed by atoms with Gasteiger partial charge in [-0.1, -0.05) is 60.7 Å². The quantitative estimate of drug-likeness (QED) is 0.424. The van der Waals surface area contributed by atoms with Crippen molar-refractivity contribution in [3.05, 3.63) is 108 Å². The first kappa shape index (κ1) is 22.4. The van der Waals surface area contributed by atoms with Gasteiger partial charge in [0.15, 0.2) is 11.6 Å². The maximum Gasteiger partial charge on any atom is 0.256 e. The number of hydrogen-bond acceptors (Lipinski definition) is 6. The summed E-state index contributed by atoms with van der Waals surface area (Å²) in [5.74, 6) is 0.276. The molecule has 4 aromatic rings. The van der Waals surface area contributed by atoms with Crippen LogP contribution in [0.1, 0.15) is 26.3 Å². The third-order valence-electron chi connectivity index (χ3n) is 5.85. The molecule has 5 rings (SSSR count). The molecule has 0 aliphatic carbocycles. The summed E-state index contributed by atoms with van der Waals surface area (Å²) in [6, 6.07) is 27.1. The highest BCUT2D eigenvalue weighted by Crippen LogP contribution is 2.23. The number of nitrogens with zero attached hydrogens (tertiary/aromatic N) is 3. The number of ketones is 1. The van der Waals surface area contributed by atoms with Crippen LogP contribution in [-0.2, 0) is 4.74 Å². The van der Waals surface area contributed by atoms with Crippen molar-refractivity contribution in [2.24, 2.45) is 0 Å². The van der Waals surface area contributed by atoms with E-state index in [2.05, 4.69) is 20.4 Å². The minimum absolute atomic E-state index is 0.194. The van der Waals surface area contributed by atoms with Crippen LogP contribution in [0.25, 0.3) is 11.3 Å². The van der Waals surface area contributed by atoms with Crippen LogP contribution < -0.4 is 10.2 Å². The van der Waals surface area contributed by atoms with E-state index < -0.39 is 0 Å². The van der Waals surface area contributed by atoms with Crippen molar-refractivity contribution in [1.82, 2.24) is 10.2 Å². The first-order chi connectivity index (χ1) is 17.2. The van der Waals surface area contributed by atoms with Crippen LogP contribution in [0.2, 0.25) is 0 Å². The summed E-state index contributed by atoms with van der Waals surface area (Å²) in [6.45, 7) is 2.96. The van der Waals surface area contributed by atoms with Crippen LogP contribution in [0.15, 0.2) is 91.0 Å². The molecule has 7 heteroatoms. The zero-order chi connectivity index (χ0) is 24.0. The molecule has 0 atom stereocenters. The smallest absolute Gasteiger partial charge is 0.256 e. The lowest BCUT2D eigenvalue weighted by Gasteiger charge is -2.27. The predicted octanol–water partition coefficient (Wildman–Crippen LogP) is 4.46. The van der Waals surface area contributed by atoms with Gasteiger partial charge in [0, 0.05) is 35.5 Å². The fraction of sp³-hybridized carbons (Fsp3) is 0.143. The van der Waals surface area contributed by atoms with Gasteiger partial charge in [0.05, 0.1) is 24.5 Å². The van der Waals surface area contributed by atoms with E-state index in [4.69, 9.17) is 4.74 Å². The summed E-state index contributed by atoms with van der Waals surface area (Å²) in [5.41, 5.74) is 3.36. The third kappa shape index (κ3) is 5.10. The Morgan fingerprint density at radius 2 is 1.51 bits per heavy atom. The Morgan fingerprint density at radius 1 is 0.771 bits per heavy atom. The number of carbonyl (C=O) groups excluding carboxylic acids is 2. The van der Waals surface area contributed by atoms with Gasteiger partial charge in [-0.25, -0.2) is 0 Å². The van der Waals surface area contributed by atoms with Gasteiger partial charge in [0.1, 0.15) is 0 Å². The van der Waals surface area contributed by atoms with Gasteiger partial charge in [-0.3, -0.25) is 9.59 Å². The number of carbonyl (C=O) groups is 2. The highest BCUT2D eigenvalue weighted by atomic mass is 16.5. The molecule has 1 aromatic heterocycles. The Morgan fingerprint density at radius 3 is 2.26 bits per heavy atom. The number of rotatable bonds is 6. The maximum absolute atomic E-state index is 13.1. The number of hydrogen-bond donors (Lipinski definition) is 1. The fourth-order valence-corrected chi connectivity index (χ4v) is 4.02. The van der Waals surface area contributed by atoms with Crippen molar-refractivity contribution in [2.75, 3.05) is 36.5 Å². The monoisotopic (exact) mass is 464 g/mol. The van der Waals surface area contributed by atoms with E-state index in [1.807, 2.05) is 36.4 Å². The Hall–Kier alpha value is -4.36. The highest BCUT2D eigenvalue weighted by molar-refractivity contribution is 6.17. The number of ether oxygens (including phenoxy) is 1. The molecular formula is C28H24N4O3. The van der Waals surface area contributed by atoms with Crippen molar-refractivity contribution in [1.29, 1.82) is 0 Å². The Kier molecular flexibility index (Phi) is 6.59. The largest absolute Gasteiger partial charge is 0.378 e. The van der Waals surface area contributed by atoms with E-state index in [0.29, 0.717) is 41.3 Å².